The monoisotopic (exact) mass is 581 g/mol. The number of carbonyl (C=O) groups is 2. The first-order valence-electron chi connectivity index (χ1n) is 13.6. The molecule has 1 atom stereocenters. The second kappa shape index (κ2) is 14.5. The first-order chi connectivity index (χ1) is 19.7. The van der Waals surface area contributed by atoms with Crippen molar-refractivity contribution < 1.29 is 27.5 Å². The summed E-state index contributed by atoms with van der Waals surface area (Å²) in [4.78, 5) is 28.9. The summed E-state index contributed by atoms with van der Waals surface area (Å²) in [5, 5.41) is 2.88. The molecule has 0 saturated heterocycles. The number of nitrogens with zero attached hydrogens (tertiary/aromatic N) is 2. The Labute approximate surface area is 243 Å². The van der Waals surface area contributed by atoms with Crippen molar-refractivity contribution in [2.24, 2.45) is 0 Å². The highest BCUT2D eigenvalue weighted by molar-refractivity contribution is 7.92. The Hall–Kier alpha value is -4.05. The highest BCUT2D eigenvalue weighted by atomic mass is 32.2. The Morgan fingerprint density at radius 3 is 2.27 bits per heavy atom. The van der Waals surface area contributed by atoms with E-state index in [0.29, 0.717) is 24.5 Å². The van der Waals surface area contributed by atoms with E-state index >= 15 is 0 Å². The number of nitrogens with one attached hydrogen (secondary N) is 1. The van der Waals surface area contributed by atoms with E-state index in [1.807, 2.05) is 26.8 Å². The van der Waals surface area contributed by atoms with Gasteiger partial charge in [0.25, 0.3) is 10.0 Å². The lowest BCUT2D eigenvalue weighted by atomic mass is 10.1. The zero-order valence-corrected chi connectivity index (χ0v) is 25.1. The summed E-state index contributed by atoms with van der Waals surface area (Å²) in [6.45, 7) is 5.63. The fourth-order valence-corrected chi connectivity index (χ4v) is 5.86. The van der Waals surface area contributed by atoms with Crippen molar-refractivity contribution in [3.63, 3.8) is 0 Å². The number of para-hydroxylation sites is 2. The van der Waals surface area contributed by atoms with E-state index in [-0.39, 0.29) is 23.0 Å². The van der Waals surface area contributed by atoms with Gasteiger partial charge in [0.15, 0.2) is 0 Å². The summed E-state index contributed by atoms with van der Waals surface area (Å²) in [5.41, 5.74) is 1.86. The van der Waals surface area contributed by atoms with Gasteiger partial charge in [0, 0.05) is 13.1 Å². The van der Waals surface area contributed by atoms with Gasteiger partial charge in [-0.15, -0.1) is 0 Å². The highest BCUT2D eigenvalue weighted by Crippen LogP contribution is 2.32. The van der Waals surface area contributed by atoms with E-state index in [1.165, 1.54) is 24.1 Å². The zero-order valence-electron chi connectivity index (χ0n) is 24.3. The fourth-order valence-electron chi connectivity index (χ4n) is 4.44. The molecule has 41 heavy (non-hydrogen) atoms. The number of sulfonamides is 1. The number of hydrogen-bond acceptors (Lipinski definition) is 6. The third-order valence-corrected chi connectivity index (χ3v) is 8.44. The molecule has 0 aliphatic heterocycles. The van der Waals surface area contributed by atoms with Gasteiger partial charge < -0.3 is 19.7 Å². The lowest BCUT2D eigenvalue weighted by Crippen LogP contribution is -2.52. The lowest BCUT2D eigenvalue weighted by molar-refractivity contribution is -0.140. The predicted octanol–water partition coefficient (Wildman–Crippen LogP) is 4.54. The average molecular weight is 582 g/mol. The van der Waals surface area contributed by atoms with Crippen LogP contribution in [0.25, 0.3) is 0 Å². The number of rotatable bonds is 14. The van der Waals surface area contributed by atoms with Crippen LogP contribution >= 0.6 is 0 Å². The smallest absolute Gasteiger partial charge is 0.264 e. The predicted molar refractivity (Wildman–Crippen MR) is 160 cm³/mol. The van der Waals surface area contributed by atoms with Crippen LogP contribution in [0.15, 0.2) is 77.7 Å². The number of benzene rings is 3. The van der Waals surface area contributed by atoms with E-state index in [2.05, 4.69) is 5.32 Å². The SMILES string of the molecule is CCCNC(=O)C(CC)N(Cc1cccc(OC)c1)C(=O)CN(c1ccccc1OC)S(=O)(=O)c1ccc(C)cc1. The summed E-state index contributed by atoms with van der Waals surface area (Å²) >= 11 is 0. The van der Waals surface area contributed by atoms with Crippen LogP contribution in [0.3, 0.4) is 0 Å². The molecule has 10 heteroatoms. The molecule has 0 radical (unpaired) electrons. The van der Waals surface area contributed by atoms with E-state index < -0.39 is 28.5 Å². The van der Waals surface area contributed by atoms with E-state index in [4.69, 9.17) is 9.47 Å². The largest absolute Gasteiger partial charge is 0.497 e. The van der Waals surface area contributed by atoms with Crippen molar-refractivity contribution in [3.8, 4) is 11.5 Å². The summed E-state index contributed by atoms with van der Waals surface area (Å²) in [7, 11) is -1.20. The molecule has 220 valence electrons. The molecule has 2 amide bonds. The van der Waals surface area contributed by atoms with Crippen molar-refractivity contribution in [2.75, 3.05) is 31.6 Å². The number of ether oxygens (including phenoxy) is 2. The number of anilines is 1. The molecule has 0 saturated carbocycles. The summed E-state index contributed by atoms with van der Waals surface area (Å²) in [5.74, 6) is 0.0720. The first-order valence-corrected chi connectivity index (χ1v) is 15.0. The minimum absolute atomic E-state index is 0.0360. The van der Waals surface area contributed by atoms with Crippen LogP contribution in [0.2, 0.25) is 0 Å². The van der Waals surface area contributed by atoms with E-state index in [0.717, 1.165) is 21.9 Å². The number of aryl methyl sites for hydroxylation is 1. The standard InChI is InChI=1S/C31H39N3O6S/c1-6-19-32-31(36)27(7-2)33(21-24-11-10-12-25(20-24)39-4)30(35)22-34(28-13-8-9-14-29(28)40-5)41(37,38)26-17-15-23(3)16-18-26/h8-18,20,27H,6-7,19,21-22H2,1-5H3,(H,32,36). The maximum absolute atomic E-state index is 14.2. The summed E-state index contributed by atoms with van der Waals surface area (Å²) in [6, 6.07) is 19.5. The van der Waals surface area contributed by atoms with Crippen LogP contribution in [0.5, 0.6) is 11.5 Å². The van der Waals surface area contributed by atoms with Crippen LogP contribution in [0.4, 0.5) is 5.69 Å². The molecule has 3 aromatic carbocycles. The van der Waals surface area contributed by atoms with Crippen LogP contribution < -0.4 is 19.1 Å². The second-order valence-corrected chi connectivity index (χ2v) is 11.4. The minimum Gasteiger partial charge on any atom is -0.497 e. The molecule has 0 aliphatic carbocycles. The van der Waals surface area contributed by atoms with Gasteiger partial charge in [-0.25, -0.2) is 8.42 Å². The second-order valence-electron chi connectivity index (χ2n) is 9.58. The maximum Gasteiger partial charge on any atom is 0.264 e. The molecule has 0 bridgehead atoms. The fraction of sp³-hybridized carbons (Fsp3) is 0.355. The van der Waals surface area contributed by atoms with Crippen molar-refractivity contribution in [1.82, 2.24) is 10.2 Å². The molecular weight excluding hydrogens is 542 g/mol. The topological polar surface area (TPSA) is 105 Å². The Morgan fingerprint density at radius 1 is 0.927 bits per heavy atom. The van der Waals surface area contributed by atoms with Crippen LogP contribution in [-0.4, -0.2) is 58.5 Å². The van der Waals surface area contributed by atoms with E-state index in [9.17, 15) is 18.0 Å². The lowest BCUT2D eigenvalue weighted by Gasteiger charge is -2.33. The minimum atomic E-state index is -4.20. The molecule has 0 aromatic heterocycles. The summed E-state index contributed by atoms with van der Waals surface area (Å²) in [6.07, 6.45) is 1.08. The van der Waals surface area contributed by atoms with Crippen molar-refractivity contribution >= 4 is 27.5 Å². The van der Waals surface area contributed by atoms with Gasteiger partial charge in [0.05, 0.1) is 24.8 Å². The van der Waals surface area contributed by atoms with Crippen LogP contribution in [-0.2, 0) is 26.2 Å². The number of hydrogen-bond donors (Lipinski definition) is 1. The molecule has 0 heterocycles. The average Bonchev–Trinajstić information content (AvgIpc) is 2.98. The van der Waals surface area contributed by atoms with E-state index in [1.54, 1.807) is 61.7 Å². The Kier molecular flexibility index (Phi) is 11.2. The van der Waals surface area contributed by atoms with Gasteiger partial charge in [0.2, 0.25) is 11.8 Å². The summed E-state index contributed by atoms with van der Waals surface area (Å²) < 4.78 is 39.9. The van der Waals surface area contributed by atoms with Crippen LogP contribution in [0, 0.1) is 6.92 Å². The molecule has 3 rings (SSSR count). The maximum atomic E-state index is 14.2. The van der Waals surface area contributed by atoms with Gasteiger partial charge in [-0.2, -0.15) is 0 Å². The number of carbonyl (C=O) groups excluding carboxylic acids is 2. The molecule has 0 fully saturated rings. The van der Waals surface area contributed by atoms with Crippen molar-refractivity contribution in [3.05, 3.63) is 83.9 Å². The van der Waals surface area contributed by atoms with Crippen LogP contribution in [0.1, 0.15) is 37.8 Å². The molecule has 0 aliphatic rings. The van der Waals surface area contributed by atoms with Gasteiger partial charge in [-0.05, 0) is 61.7 Å². The third-order valence-electron chi connectivity index (χ3n) is 6.66. The van der Waals surface area contributed by atoms with Gasteiger partial charge >= 0.3 is 0 Å². The first kappa shape index (κ1) is 31.5. The quantitative estimate of drug-likeness (QED) is 0.300. The molecule has 1 N–H and O–H groups in total. The highest BCUT2D eigenvalue weighted by Gasteiger charge is 2.34. The van der Waals surface area contributed by atoms with Crippen molar-refractivity contribution in [2.45, 2.75) is 51.1 Å². The molecule has 3 aromatic rings. The molecule has 1 unspecified atom stereocenters. The third kappa shape index (κ3) is 7.79. The molecule has 9 nitrogen and oxygen atoms in total. The van der Waals surface area contributed by atoms with Gasteiger partial charge in [0.1, 0.15) is 24.1 Å². The number of amides is 2. The normalized spacial score (nSPS) is 11.8. The Morgan fingerprint density at radius 2 is 1.63 bits per heavy atom. The Balaban J connectivity index is 2.09. The Bertz CT molecular complexity index is 1430. The molecular formula is C31H39N3O6S. The van der Waals surface area contributed by atoms with Crippen molar-refractivity contribution in [1.29, 1.82) is 0 Å². The van der Waals surface area contributed by atoms with Gasteiger partial charge in [-0.3, -0.25) is 13.9 Å². The van der Waals surface area contributed by atoms with Gasteiger partial charge in [-0.1, -0.05) is 55.8 Å². The number of methoxy groups -OCH3 is 2. The zero-order chi connectivity index (χ0) is 30.0. The molecule has 0 spiro atoms.